The van der Waals surface area contributed by atoms with Gasteiger partial charge in [0, 0.05) is 13.1 Å². The van der Waals surface area contributed by atoms with Crippen LogP contribution in [0, 0.1) is 11.8 Å². The van der Waals surface area contributed by atoms with Crippen LogP contribution in [0.5, 0.6) is 0 Å². The summed E-state index contributed by atoms with van der Waals surface area (Å²) in [5.74, 6) is 1.78. The Labute approximate surface area is 94.2 Å². The fourth-order valence-electron chi connectivity index (χ4n) is 3.24. The molecule has 88 valence electrons. The Bertz CT molecular complexity index is 175. The summed E-state index contributed by atoms with van der Waals surface area (Å²) in [7, 11) is 0. The maximum absolute atomic E-state index is 5.77. The van der Waals surface area contributed by atoms with Gasteiger partial charge in [0.2, 0.25) is 0 Å². The first-order valence-corrected chi connectivity index (χ1v) is 6.81. The predicted octanol–water partition coefficient (Wildman–Crippen LogP) is 2.24. The summed E-state index contributed by atoms with van der Waals surface area (Å²) in [4.78, 5) is 2.68. The fraction of sp³-hybridized carbons (Fsp3) is 1.00. The highest BCUT2D eigenvalue weighted by Gasteiger charge is 2.22. The first-order chi connectivity index (χ1) is 7.38. The van der Waals surface area contributed by atoms with Gasteiger partial charge >= 0.3 is 0 Å². The van der Waals surface area contributed by atoms with Gasteiger partial charge in [-0.2, -0.15) is 0 Å². The van der Waals surface area contributed by atoms with Gasteiger partial charge < -0.3 is 10.6 Å². The Kier molecular flexibility index (Phi) is 4.45. The smallest absolute Gasteiger partial charge is 0.00218 e. The van der Waals surface area contributed by atoms with E-state index in [1.54, 1.807) is 0 Å². The number of hydrogen-bond donors (Lipinski definition) is 1. The van der Waals surface area contributed by atoms with Crippen molar-refractivity contribution < 1.29 is 0 Å². The first-order valence-electron chi connectivity index (χ1n) is 6.81. The van der Waals surface area contributed by atoms with E-state index in [9.17, 15) is 0 Å². The molecule has 0 unspecified atom stereocenters. The molecule has 2 nitrogen and oxygen atoms in total. The zero-order chi connectivity index (χ0) is 10.5. The molecule has 1 aliphatic heterocycles. The molecule has 0 spiro atoms. The lowest BCUT2D eigenvalue weighted by atomic mass is 9.88. The molecule has 2 aliphatic rings. The number of nitrogens with zero attached hydrogens (tertiary/aromatic N) is 1. The molecular weight excluding hydrogens is 184 g/mol. The first kappa shape index (κ1) is 11.4. The molecule has 15 heavy (non-hydrogen) atoms. The summed E-state index contributed by atoms with van der Waals surface area (Å²) < 4.78 is 0. The molecule has 1 saturated carbocycles. The third-order valence-electron chi connectivity index (χ3n) is 4.18. The number of rotatable bonds is 3. The van der Waals surface area contributed by atoms with Gasteiger partial charge in [-0.1, -0.05) is 19.3 Å². The molecule has 0 aromatic carbocycles. The van der Waals surface area contributed by atoms with Crippen LogP contribution in [0.15, 0.2) is 0 Å². The molecule has 1 atom stereocenters. The number of piperidine rings is 1. The van der Waals surface area contributed by atoms with E-state index >= 15 is 0 Å². The average Bonchev–Trinajstić information content (AvgIpc) is 2.31. The van der Waals surface area contributed by atoms with E-state index < -0.39 is 0 Å². The van der Waals surface area contributed by atoms with Gasteiger partial charge in [-0.05, 0) is 50.6 Å². The Morgan fingerprint density at radius 1 is 0.933 bits per heavy atom. The van der Waals surface area contributed by atoms with Crippen molar-refractivity contribution in [2.24, 2.45) is 17.6 Å². The third kappa shape index (κ3) is 3.46. The maximum atomic E-state index is 5.77. The summed E-state index contributed by atoms with van der Waals surface area (Å²) in [5.41, 5.74) is 5.77. The van der Waals surface area contributed by atoms with Gasteiger partial charge in [0.15, 0.2) is 0 Å². The van der Waals surface area contributed by atoms with Gasteiger partial charge in [0.1, 0.15) is 0 Å². The van der Waals surface area contributed by atoms with Gasteiger partial charge in [-0.3, -0.25) is 0 Å². The van der Waals surface area contributed by atoms with E-state index in [0.29, 0.717) is 0 Å². The number of likely N-dealkylation sites (tertiary alicyclic amines) is 1. The van der Waals surface area contributed by atoms with Crippen molar-refractivity contribution in [1.29, 1.82) is 0 Å². The molecule has 1 aliphatic carbocycles. The summed E-state index contributed by atoms with van der Waals surface area (Å²) in [6.07, 6.45) is 10.1. The average molecular weight is 210 g/mol. The van der Waals surface area contributed by atoms with Crippen LogP contribution in [0.2, 0.25) is 0 Å². The maximum Gasteiger partial charge on any atom is 0.00218 e. The molecule has 2 heteroatoms. The second kappa shape index (κ2) is 5.86. The van der Waals surface area contributed by atoms with Gasteiger partial charge in [0.05, 0.1) is 0 Å². The van der Waals surface area contributed by atoms with Crippen molar-refractivity contribution in [2.45, 2.75) is 44.9 Å². The van der Waals surface area contributed by atoms with Crippen molar-refractivity contribution in [3.05, 3.63) is 0 Å². The monoisotopic (exact) mass is 210 g/mol. The molecule has 0 aromatic heterocycles. The SMILES string of the molecule is NC[C@@H]1CCCN(CC2CCCCC2)C1. The molecule has 1 saturated heterocycles. The lowest BCUT2D eigenvalue weighted by Crippen LogP contribution is -2.41. The minimum atomic E-state index is 0.780. The molecule has 2 fully saturated rings. The molecule has 0 bridgehead atoms. The largest absolute Gasteiger partial charge is 0.330 e. The third-order valence-corrected chi connectivity index (χ3v) is 4.18. The summed E-state index contributed by atoms with van der Waals surface area (Å²) in [6, 6.07) is 0. The molecule has 2 N–H and O–H groups in total. The van der Waals surface area contributed by atoms with Crippen molar-refractivity contribution >= 4 is 0 Å². The topological polar surface area (TPSA) is 29.3 Å². The number of nitrogens with two attached hydrogens (primary N) is 1. The highest BCUT2D eigenvalue weighted by molar-refractivity contribution is 4.77. The summed E-state index contributed by atoms with van der Waals surface area (Å²) in [5, 5.41) is 0. The Hall–Kier alpha value is -0.0800. The molecule has 1 heterocycles. The van der Waals surface area contributed by atoms with Crippen LogP contribution in [0.4, 0.5) is 0 Å². The highest BCUT2D eigenvalue weighted by atomic mass is 15.1. The second-order valence-electron chi connectivity index (χ2n) is 5.51. The minimum Gasteiger partial charge on any atom is -0.330 e. The minimum absolute atomic E-state index is 0.780. The summed E-state index contributed by atoms with van der Waals surface area (Å²) >= 11 is 0. The van der Waals surface area contributed by atoms with E-state index in [0.717, 1.165) is 18.4 Å². The molecule has 0 amide bonds. The van der Waals surface area contributed by atoms with E-state index in [-0.39, 0.29) is 0 Å². The standard InChI is InChI=1S/C13H26N2/c14-9-13-7-4-8-15(11-13)10-12-5-2-1-3-6-12/h12-13H,1-11,14H2/t13-/m0/s1. The summed E-state index contributed by atoms with van der Waals surface area (Å²) in [6.45, 7) is 4.84. The Balaban J connectivity index is 1.72. The lowest BCUT2D eigenvalue weighted by Gasteiger charge is -2.35. The molecular formula is C13H26N2. The van der Waals surface area contributed by atoms with Gasteiger partial charge in [-0.15, -0.1) is 0 Å². The van der Waals surface area contributed by atoms with E-state index in [1.165, 1.54) is 64.6 Å². The van der Waals surface area contributed by atoms with Crippen LogP contribution >= 0.6 is 0 Å². The van der Waals surface area contributed by atoms with E-state index in [1.807, 2.05) is 0 Å². The van der Waals surface area contributed by atoms with Crippen LogP contribution in [0.1, 0.15) is 44.9 Å². The Morgan fingerprint density at radius 2 is 1.67 bits per heavy atom. The zero-order valence-electron chi connectivity index (χ0n) is 9.96. The van der Waals surface area contributed by atoms with Gasteiger partial charge in [-0.25, -0.2) is 0 Å². The van der Waals surface area contributed by atoms with Crippen LogP contribution in [0.3, 0.4) is 0 Å². The quantitative estimate of drug-likeness (QED) is 0.774. The molecule has 2 rings (SSSR count). The Morgan fingerprint density at radius 3 is 2.40 bits per heavy atom. The van der Waals surface area contributed by atoms with Crippen LogP contribution in [-0.4, -0.2) is 31.1 Å². The van der Waals surface area contributed by atoms with E-state index in [4.69, 9.17) is 5.73 Å². The van der Waals surface area contributed by atoms with Crippen LogP contribution < -0.4 is 5.73 Å². The second-order valence-corrected chi connectivity index (χ2v) is 5.51. The van der Waals surface area contributed by atoms with Crippen molar-refractivity contribution in [3.63, 3.8) is 0 Å². The highest BCUT2D eigenvalue weighted by Crippen LogP contribution is 2.26. The lowest BCUT2D eigenvalue weighted by molar-refractivity contribution is 0.140. The van der Waals surface area contributed by atoms with Crippen LogP contribution in [-0.2, 0) is 0 Å². The van der Waals surface area contributed by atoms with Crippen molar-refractivity contribution in [2.75, 3.05) is 26.2 Å². The van der Waals surface area contributed by atoms with Crippen molar-refractivity contribution in [1.82, 2.24) is 4.90 Å². The fourth-order valence-corrected chi connectivity index (χ4v) is 3.24. The number of hydrogen-bond acceptors (Lipinski definition) is 2. The normalized spacial score (nSPS) is 30.6. The van der Waals surface area contributed by atoms with E-state index in [2.05, 4.69) is 4.90 Å². The van der Waals surface area contributed by atoms with Gasteiger partial charge in [0.25, 0.3) is 0 Å². The van der Waals surface area contributed by atoms with Crippen LogP contribution in [0.25, 0.3) is 0 Å². The van der Waals surface area contributed by atoms with Crippen molar-refractivity contribution in [3.8, 4) is 0 Å². The molecule has 0 aromatic rings. The molecule has 0 radical (unpaired) electrons. The zero-order valence-corrected chi connectivity index (χ0v) is 9.96. The predicted molar refractivity (Wildman–Crippen MR) is 64.8 cm³/mol.